The Morgan fingerprint density at radius 1 is 1.00 bits per heavy atom. The highest BCUT2D eigenvalue weighted by Crippen LogP contribution is 2.40. The van der Waals surface area contributed by atoms with Gasteiger partial charge in [0.25, 0.3) is 0 Å². The Bertz CT molecular complexity index is 1290. The minimum absolute atomic E-state index is 0.182. The number of carbonyl (C=O) groups is 1. The Labute approximate surface area is 196 Å². The number of thiocarbonyl (C=S) groups is 1. The molecule has 164 valence electrons. The van der Waals surface area contributed by atoms with Crippen molar-refractivity contribution in [1.82, 2.24) is 24.8 Å². The van der Waals surface area contributed by atoms with Crippen LogP contribution < -0.4 is 5.32 Å². The second-order valence-electron chi connectivity index (χ2n) is 7.73. The van der Waals surface area contributed by atoms with Crippen LogP contribution in [0.3, 0.4) is 0 Å². The van der Waals surface area contributed by atoms with Crippen LogP contribution in [-0.4, -0.2) is 35.6 Å². The van der Waals surface area contributed by atoms with Gasteiger partial charge in [0.05, 0.1) is 35.6 Å². The predicted molar refractivity (Wildman–Crippen MR) is 128 cm³/mol. The number of pyridine rings is 2. The van der Waals surface area contributed by atoms with Gasteiger partial charge in [-0.25, -0.2) is 4.79 Å². The second kappa shape index (κ2) is 8.84. The third-order valence-electron chi connectivity index (χ3n) is 5.71. The molecule has 1 aliphatic heterocycles. The zero-order chi connectivity index (χ0) is 22.8. The van der Waals surface area contributed by atoms with Crippen LogP contribution >= 0.6 is 12.2 Å². The first-order valence-corrected chi connectivity index (χ1v) is 10.9. The Balaban J connectivity index is 1.61. The summed E-state index contributed by atoms with van der Waals surface area (Å²) in [7, 11) is 0. The quantitative estimate of drug-likeness (QED) is 0.423. The van der Waals surface area contributed by atoms with Crippen molar-refractivity contribution in [3.05, 3.63) is 114 Å². The summed E-state index contributed by atoms with van der Waals surface area (Å²) in [4.78, 5) is 22.7. The van der Waals surface area contributed by atoms with E-state index in [9.17, 15) is 9.90 Å². The molecule has 2 N–H and O–H groups in total. The summed E-state index contributed by atoms with van der Waals surface area (Å²) >= 11 is 5.75. The van der Waals surface area contributed by atoms with Crippen LogP contribution in [0.5, 0.6) is 0 Å². The third-order valence-corrected chi connectivity index (χ3v) is 6.06. The van der Waals surface area contributed by atoms with Crippen molar-refractivity contribution < 1.29 is 9.90 Å². The molecule has 0 unspecified atom stereocenters. The largest absolute Gasteiger partial charge is 0.478 e. The summed E-state index contributed by atoms with van der Waals surface area (Å²) in [5.41, 5.74) is 3.75. The number of hydrogen-bond acceptors (Lipinski definition) is 4. The monoisotopic (exact) mass is 455 g/mol. The first-order valence-electron chi connectivity index (χ1n) is 10.5. The Morgan fingerprint density at radius 3 is 2.55 bits per heavy atom. The zero-order valence-electron chi connectivity index (χ0n) is 17.6. The van der Waals surface area contributed by atoms with E-state index < -0.39 is 5.97 Å². The van der Waals surface area contributed by atoms with Crippen molar-refractivity contribution in [2.24, 2.45) is 0 Å². The van der Waals surface area contributed by atoms with E-state index in [1.54, 1.807) is 30.6 Å². The van der Waals surface area contributed by atoms with Crippen molar-refractivity contribution in [2.45, 2.75) is 18.6 Å². The van der Waals surface area contributed by atoms with E-state index in [-0.39, 0.29) is 17.6 Å². The molecule has 7 nitrogen and oxygen atoms in total. The van der Waals surface area contributed by atoms with Crippen LogP contribution in [-0.2, 0) is 6.54 Å². The molecule has 33 heavy (non-hydrogen) atoms. The summed E-state index contributed by atoms with van der Waals surface area (Å²) in [6.45, 7) is 0.529. The molecule has 2 atom stereocenters. The van der Waals surface area contributed by atoms with Gasteiger partial charge in [0, 0.05) is 30.0 Å². The fourth-order valence-corrected chi connectivity index (χ4v) is 4.53. The number of benzene rings is 1. The molecule has 1 saturated heterocycles. The number of nitrogens with one attached hydrogen (secondary N) is 1. The van der Waals surface area contributed by atoms with Gasteiger partial charge in [-0.15, -0.1) is 0 Å². The summed E-state index contributed by atoms with van der Waals surface area (Å²) in [5, 5.41) is 13.5. The van der Waals surface area contributed by atoms with Crippen molar-refractivity contribution in [2.75, 3.05) is 0 Å². The van der Waals surface area contributed by atoms with E-state index in [4.69, 9.17) is 12.2 Å². The summed E-state index contributed by atoms with van der Waals surface area (Å²) in [6.07, 6.45) is 5.48. The molecule has 0 spiro atoms. The van der Waals surface area contributed by atoms with Crippen LogP contribution in [0.1, 0.15) is 39.5 Å². The molecule has 0 aliphatic carbocycles. The molecular weight excluding hydrogens is 434 g/mol. The van der Waals surface area contributed by atoms with E-state index in [2.05, 4.69) is 20.2 Å². The Morgan fingerprint density at radius 2 is 1.82 bits per heavy atom. The lowest BCUT2D eigenvalue weighted by atomic mass is 10.0. The molecule has 0 bridgehead atoms. The lowest BCUT2D eigenvalue weighted by molar-refractivity contribution is 0.0697. The molecule has 4 heterocycles. The molecule has 8 heteroatoms. The number of aromatic nitrogens is 3. The van der Waals surface area contributed by atoms with Crippen molar-refractivity contribution in [3.8, 4) is 5.69 Å². The molecule has 4 aromatic rings. The maximum absolute atomic E-state index is 11.5. The van der Waals surface area contributed by atoms with Gasteiger partial charge in [0.1, 0.15) is 0 Å². The van der Waals surface area contributed by atoms with Crippen molar-refractivity contribution in [1.29, 1.82) is 0 Å². The standard InChI is InChI=1S/C25H21N5O2S/c31-24(32)17-7-5-9-19(15-17)29-14-6-11-21(29)23-22(20-10-2-4-13-27-20)28-25(33)30(23)16-18-8-1-3-12-26-18/h1-15,22-23H,16H2,(H,28,33)(H,31,32)/t22-,23+/m1/s1. The highest BCUT2D eigenvalue weighted by atomic mass is 32.1. The smallest absolute Gasteiger partial charge is 0.335 e. The van der Waals surface area contributed by atoms with Crippen LogP contribution in [0, 0.1) is 0 Å². The Kier molecular flexibility index (Phi) is 5.58. The number of hydrogen-bond donors (Lipinski definition) is 2. The van der Waals surface area contributed by atoms with Gasteiger partial charge in [-0.1, -0.05) is 18.2 Å². The molecule has 1 aromatic carbocycles. The first-order chi connectivity index (χ1) is 16.1. The van der Waals surface area contributed by atoms with Gasteiger partial charge in [-0.05, 0) is 66.8 Å². The Hall–Kier alpha value is -4.04. The summed E-state index contributed by atoms with van der Waals surface area (Å²) in [5.74, 6) is -0.961. The number of carboxylic acid groups (broad SMARTS) is 1. The second-order valence-corrected chi connectivity index (χ2v) is 8.12. The average molecular weight is 456 g/mol. The predicted octanol–water partition coefficient (Wildman–Crippen LogP) is 4.14. The van der Waals surface area contributed by atoms with Crippen LogP contribution in [0.15, 0.2) is 91.4 Å². The average Bonchev–Trinajstić information content (AvgIpc) is 3.45. The molecule has 0 amide bonds. The topological polar surface area (TPSA) is 83.3 Å². The molecule has 0 radical (unpaired) electrons. The molecule has 5 rings (SSSR count). The number of rotatable bonds is 6. The highest BCUT2D eigenvalue weighted by Gasteiger charge is 2.41. The normalized spacial score (nSPS) is 17.7. The van der Waals surface area contributed by atoms with Gasteiger partial charge in [-0.3, -0.25) is 9.97 Å². The lowest BCUT2D eigenvalue weighted by Gasteiger charge is -2.28. The molecule has 3 aromatic heterocycles. The fourth-order valence-electron chi connectivity index (χ4n) is 4.22. The molecule has 1 fully saturated rings. The lowest BCUT2D eigenvalue weighted by Crippen LogP contribution is -2.30. The van der Waals surface area contributed by atoms with E-state index in [1.165, 1.54) is 0 Å². The van der Waals surface area contributed by atoms with Crippen LogP contribution in [0.25, 0.3) is 5.69 Å². The molecular formula is C25H21N5O2S. The van der Waals surface area contributed by atoms with E-state index in [0.717, 1.165) is 22.8 Å². The number of aromatic carboxylic acids is 1. The third kappa shape index (κ3) is 4.08. The van der Waals surface area contributed by atoms with E-state index in [0.29, 0.717) is 11.7 Å². The summed E-state index contributed by atoms with van der Waals surface area (Å²) in [6, 6.07) is 22.2. The van der Waals surface area contributed by atoms with Gasteiger partial charge < -0.3 is 19.9 Å². The van der Waals surface area contributed by atoms with Crippen molar-refractivity contribution >= 4 is 23.3 Å². The first kappa shape index (κ1) is 20.8. The van der Waals surface area contributed by atoms with Crippen LogP contribution in [0.4, 0.5) is 0 Å². The van der Waals surface area contributed by atoms with Gasteiger partial charge in [-0.2, -0.15) is 0 Å². The van der Waals surface area contributed by atoms with Gasteiger partial charge >= 0.3 is 5.97 Å². The fraction of sp³-hybridized carbons (Fsp3) is 0.120. The van der Waals surface area contributed by atoms with Crippen LogP contribution in [0.2, 0.25) is 0 Å². The minimum Gasteiger partial charge on any atom is -0.478 e. The number of nitrogens with zero attached hydrogens (tertiary/aromatic N) is 4. The number of carboxylic acids is 1. The highest BCUT2D eigenvalue weighted by molar-refractivity contribution is 7.80. The van der Waals surface area contributed by atoms with Crippen molar-refractivity contribution in [3.63, 3.8) is 0 Å². The maximum Gasteiger partial charge on any atom is 0.335 e. The maximum atomic E-state index is 11.5. The molecule has 0 saturated carbocycles. The van der Waals surface area contributed by atoms with E-state index in [1.807, 2.05) is 65.4 Å². The SMILES string of the molecule is O=C(O)c1cccc(-n2cccc2[C@H]2[C@@H](c3ccccn3)NC(=S)N2Cc2ccccn2)c1. The van der Waals surface area contributed by atoms with E-state index >= 15 is 0 Å². The minimum atomic E-state index is -0.961. The van der Waals surface area contributed by atoms with Gasteiger partial charge in [0.2, 0.25) is 0 Å². The zero-order valence-corrected chi connectivity index (χ0v) is 18.4. The van der Waals surface area contributed by atoms with Gasteiger partial charge in [0.15, 0.2) is 5.11 Å². The summed E-state index contributed by atoms with van der Waals surface area (Å²) < 4.78 is 2.01. The molecule has 1 aliphatic rings.